The van der Waals surface area contributed by atoms with E-state index in [2.05, 4.69) is 56.2 Å². The van der Waals surface area contributed by atoms with Crippen LogP contribution in [-0.4, -0.2) is 76.9 Å². The highest BCUT2D eigenvalue weighted by Gasteiger charge is 2.23. The molecule has 0 amide bonds. The Kier molecular flexibility index (Phi) is 7.63. The predicted molar refractivity (Wildman–Crippen MR) is 139 cm³/mol. The molecule has 1 saturated heterocycles. The van der Waals surface area contributed by atoms with Gasteiger partial charge in [-0.25, -0.2) is 0 Å². The van der Waals surface area contributed by atoms with E-state index < -0.39 is 6.10 Å². The third-order valence-corrected chi connectivity index (χ3v) is 6.70. The molecule has 2 atom stereocenters. The first-order valence-electron chi connectivity index (χ1n) is 12.3. The molecule has 1 aliphatic heterocycles. The van der Waals surface area contributed by atoms with Crippen LogP contribution in [0.4, 0.5) is 0 Å². The zero-order valence-corrected chi connectivity index (χ0v) is 19.9. The van der Waals surface area contributed by atoms with Crippen LogP contribution in [0, 0.1) is 0 Å². The van der Waals surface area contributed by atoms with Crippen molar-refractivity contribution in [1.82, 2.24) is 19.8 Å². The van der Waals surface area contributed by atoms with E-state index in [0.717, 1.165) is 49.4 Å². The summed E-state index contributed by atoms with van der Waals surface area (Å²) < 4.78 is 5.96. The van der Waals surface area contributed by atoms with E-state index in [1.807, 2.05) is 48.8 Å². The molecule has 5 rings (SSSR count). The summed E-state index contributed by atoms with van der Waals surface area (Å²) in [6, 6.07) is 24.6. The van der Waals surface area contributed by atoms with Crippen LogP contribution in [0.3, 0.4) is 0 Å². The third kappa shape index (κ3) is 6.03. The van der Waals surface area contributed by atoms with Crippen molar-refractivity contribution in [2.45, 2.75) is 12.0 Å². The molecule has 1 N–H and O–H groups in total. The van der Waals surface area contributed by atoms with Gasteiger partial charge in [0, 0.05) is 69.2 Å². The van der Waals surface area contributed by atoms with Crippen LogP contribution in [0.15, 0.2) is 91.4 Å². The molecule has 3 heterocycles. The van der Waals surface area contributed by atoms with Crippen molar-refractivity contribution in [3.63, 3.8) is 0 Å². The van der Waals surface area contributed by atoms with Gasteiger partial charge in [-0.3, -0.25) is 19.8 Å². The minimum Gasteiger partial charge on any atom is -0.490 e. The van der Waals surface area contributed by atoms with Crippen LogP contribution in [0.25, 0.3) is 10.9 Å². The van der Waals surface area contributed by atoms with E-state index in [9.17, 15) is 5.11 Å². The van der Waals surface area contributed by atoms with E-state index in [-0.39, 0.29) is 6.61 Å². The van der Waals surface area contributed by atoms with Crippen molar-refractivity contribution in [1.29, 1.82) is 0 Å². The molecule has 35 heavy (non-hydrogen) atoms. The molecular formula is C29H32N4O2. The monoisotopic (exact) mass is 468 g/mol. The maximum atomic E-state index is 10.6. The second kappa shape index (κ2) is 11.4. The Hall–Kier alpha value is -3.32. The largest absolute Gasteiger partial charge is 0.490 e. The molecular weight excluding hydrogens is 436 g/mol. The summed E-state index contributed by atoms with van der Waals surface area (Å²) in [5.74, 6) is 1.06. The Morgan fingerprint density at radius 3 is 2.29 bits per heavy atom. The maximum Gasteiger partial charge on any atom is 0.128 e. The highest BCUT2D eigenvalue weighted by molar-refractivity contribution is 5.84. The minimum absolute atomic E-state index is 0.269. The standard InChI is InChI=1S/C29H32N4O2/c34-25(22-35-29-12-4-11-28-26(29)10-6-14-31-28)20-32-15-17-33(18-16-32)21-27(23-7-2-1-3-8-23)24-9-5-13-30-19-24/h1-14,19,25,27,34H,15-18,20-22H2. The quantitative estimate of drug-likeness (QED) is 0.403. The molecule has 1 aliphatic rings. The summed E-state index contributed by atoms with van der Waals surface area (Å²) >= 11 is 0. The van der Waals surface area contributed by atoms with Crippen LogP contribution < -0.4 is 4.74 Å². The lowest BCUT2D eigenvalue weighted by atomic mass is 9.91. The number of hydrogen-bond donors (Lipinski definition) is 1. The highest BCUT2D eigenvalue weighted by atomic mass is 16.5. The maximum absolute atomic E-state index is 10.6. The number of piperazine rings is 1. The Balaban J connectivity index is 1.13. The zero-order chi connectivity index (χ0) is 23.9. The Labute approximate surface area is 206 Å². The number of pyridine rings is 2. The van der Waals surface area contributed by atoms with Gasteiger partial charge in [-0.1, -0.05) is 42.5 Å². The number of fused-ring (bicyclic) bond motifs is 1. The molecule has 180 valence electrons. The van der Waals surface area contributed by atoms with Gasteiger partial charge in [0.15, 0.2) is 0 Å². The van der Waals surface area contributed by atoms with Crippen molar-refractivity contribution in [3.05, 3.63) is 103 Å². The summed E-state index contributed by atoms with van der Waals surface area (Å²) in [6.45, 7) is 5.67. The smallest absolute Gasteiger partial charge is 0.128 e. The lowest BCUT2D eigenvalue weighted by Crippen LogP contribution is -2.50. The van der Waals surface area contributed by atoms with Gasteiger partial charge in [0.1, 0.15) is 18.5 Å². The summed E-state index contributed by atoms with van der Waals surface area (Å²) in [7, 11) is 0. The number of aliphatic hydroxyl groups excluding tert-OH is 1. The molecule has 6 nitrogen and oxygen atoms in total. The zero-order valence-electron chi connectivity index (χ0n) is 19.9. The SMILES string of the molecule is OC(COc1cccc2ncccc12)CN1CCN(CC(c2ccccc2)c2cccnc2)CC1. The Morgan fingerprint density at radius 1 is 0.771 bits per heavy atom. The van der Waals surface area contributed by atoms with Gasteiger partial charge in [-0.15, -0.1) is 0 Å². The second-order valence-electron chi connectivity index (χ2n) is 9.14. The van der Waals surface area contributed by atoms with E-state index in [1.54, 1.807) is 6.20 Å². The molecule has 6 heteroatoms. The first-order chi connectivity index (χ1) is 17.3. The molecule has 2 aromatic heterocycles. The Bertz CT molecular complexity index is 1150. The molecule has 0 aliphatic carbocycles. The van der Waals surface area contributed by atoms with Crippen molar-refractivity contribution in [2.75, 3.05) is 45.9 Å². The number of rotatable bonds is 9. The second-order valence-corrected chi connectivity index (χ2v) is 9.14. The fraction of sp³-hybridized carbons (Fsp3) is 0.310. The van der Waals surface area contributed by atoms with Gasteiger partial charge in [-0.2, -0.15) is 0 Å². The highest BCUT2D eigenvalue weighted by Crippen LogP contribution is 2.26. The summed E-state index contributed by atoms with van der Waals surface area (Å²) in [6.07, 6.45) is 5.05. The molecule has 0 radical (unpaired) electrons. The molecule has 2 aromatic carbocycles. The van der Waals surface area contributed by atoms with Crippen LogP contribution in [0.5, 0.6) is 5.75 Å². The number of aromatic nitrogens is 2. The lowest BCUT2D eigenvalue weighted by molar-refractivity contribution is 0.0459. The normalized spacial score (nSPS) is 16.7. The average Bonchev–Trinajstić information content (AvgIpc) is 2.92. The molecule has 4 aromatic rings. The topological polar surface area (TPSA) is 61.7 Å². The van der Waals surface area contributed by atoms with Gasteiger partial charge >= 0.3 is 0 Å². The number of nitrogens with zero attached hydrogens (tertiary/aromatic N) is 4. The van der Waals surface area contributed by atoms with Crippen molar-refractivity contribution >= 4 is 10.9 Å². The van der Waals surface area contributed by atoms with E-state index >= 15 is 0 Å². The van der Waals surface area contributed by atoms with E-state index in [0.29, 0.717) is 12.5 Å². The van der Waals surface area contributed by atoms with Gasteiger partial charge in [-0.05, 0) is 41.5 Å². The van der Waals surface area contributed by atoms with Crippen LogP contribution >= 0.6 is 0 Å². The third-order valence-electron chi connectivity index (χ3n) is 6.70. The number of hydrogen-bond acceptors (Lipinski definition) is 6. The van der Waals surface area contributed by atoms with Crippen LogP contribution in [0.2, 0.25) is 0 Å². The predicted octanol–water partition coefficient (Wildman–Crippen LogP) is 3.82. The van der Waals surface area contributed by atoms with Gasteiger partial charge < -0.3 is 9.84 Å². The first-order valence-corrected chi connectivity index (χ1v) is 12.3. The van der Waals surface area contributed by atoms with Gasteiger partial charge in [0.25, 0.3) is 0 Å². The molecule has 1 fully saturated rings. The Morgan fingerprint density at radius 2 is 1.51 bits per heavy atom. The fourth-order valence-corrected chi connectivity index (χ4v) is 4.82. The minimum atomic E-state index is -0.541. The number of benzene rings is 2. The van der Waals surface area contributed by atoms with Gasteiger partial charge in [0.2, 0.25) is 0 Å². The van der Waals surface area contributed by atoms with Crippen molar-refractivity contribution in [3.8, 4) is 5.75 Å². The molecule has 2 unspecified atom stereocenters. The molecule has 0 saturated carbocycles. The van der Waals surface area contributed by atoms with Crippen LogP contribution in [0.1, 0.15) is 17.0 Å². The number of β-amino-alcohol motifs (C(OH)–C–C–N with tert-alkyl or cyclic N) is 1. The summed E-state index contributed by atoms with van der Waals surface area (Å²) in [5.41, 5.74) is 3.46. The van der Waals surface area contributed by atoms with Crippen molar-refractivity contribution < 1.29 is 9.84 Å². The number of aliphatic hydroxyl groups is 1. The molecule has 0 spiro atoms. The average molecular weight is 469 g/mol. The fourth-order valence-electron chi connectivity index (χ4n) is 4.82. The lowest BCUT2D eigenvalue weighted by Gasteiger charge is -2.37. The summed E-state index contributed by atoms with van der Waals surface area (Å²) in [5, 5.41) is 11.6. The van der Waals surface area contributed by atoms with E-state index in [4.69, 9.17) is 4.74 Å². The van der Waals surface area contributed by atoms with Crippen LogP contribution in [-0.2, 0) is 0 Å². The first kappa shape index (κ1) is 23.4. The van der Waals surface area contributed by atoms with Gasteiger partial charge in [0.05, 0.1) is 5.52 Å². The molecule has 0 bridgehead atoms. The van der Waals surface area contributed by atoms with Crippen molar-refractivity contribution in [2.24, 2.45) is 0 Å². The van der Waals surface area contributed by atoms with E-state index in [1.165, 1.54) is 11.1 Å². The number of ether oxygens (including phenoxy) is 1. The summed E-state index contributed by atoms with van der Waals surface area (Å²) in [4.78, 5) is 13.6.